The van der Waals surface area contributed by atoms with Gasteiger partial charge in [-0.2, -0.15) is 0 Å². The zero-order chi connectivity index (χ0) is 14.8. The lowest BCUT2D eigenvalue weighted by Crippen LogP contribution is -2.24. The summed E-state index contributed by atoms with van der Waals surface area (Å²) in [5.74, 6) is 1.63. The van der Waals surface area contributed by atoms with Gasteiger partial charge in [0.15, 0.2) is 0 Å². The summed E-state index contributed by atoms with van der Waals surface area (Å²) in [6.07, 6.45) is 3.65. The summed E-state index contributed by atoms with van der Waals surface area (Å²) in [5.41, 5.74) is 1.36. The lowest BCUT2D eigenvalue weighted by atomic mass is 10.3. The molecule has 5 heteroatoms. The van der Waals surface area contributed by atoms with Crippen LogP contribution in [0.4, 0.5) is 0 Å². The Morgan fingerprint density at radius 1 is 1.14 bits per heavy atom. The smallest absolute Gasteiger partial charge is 0.276 e. The first-order valence-corrected chi connectivity index (χ1v) is 6.89. The van der Waals surface area contributed by atoms with Crippen molar-refractivity contribution in [3.8, 4) is 5.75 Å². The number of para-hydroxylation sites is 1. The van der Waals surface area contributed by atoms with Crippen LogP contribution in [0.5, 0.6) is 5.75 Å². The maximum Gasteiger partial charge on any atom is 0.276 e. The van der Waals surface area contributed by atoms with Crippen LogP contribution in [0.2, 0.25) is 0 Å². The molecule has 2 heterocycles. The van der Waals surface area contributed by atoms with Crippen LogP contribution < -0.4 is 10.3 Å². The van der Waals surface area contributed by atoms with Crippen LogP contribution in [0.25, 0.3) is 5.52 Å². The fourth-order valence-corrected chi connectivity index (χ4v) is 2.43. The molecule has 0 N–H and O–H groups in total. The van der Waals surface area contributed by atoms with Gasteiger partial charge < -0.3 is 9.30 Å². The first kappa shape index (κ1) is 13.4. The molecule has 0 saturated carbocycles. The van der Waals surface area contributed by atoms with E-state index < -0.39 is 0 Å². The standard InChI is InChI=1S/C16H17N3O2/c1-12-15-16(20)18(8-9-19(15)13(2)17-12)10-11-21-14-6-4-3-5-7-14/h3-9H,10-11H2,1-2H3. The molecule has 3 aromatic rings. The second kappa shape index (κ2) is 5.44. The van der Waals surface area contributed by atoms with E-state index in [1.54, 1.807) is 10.8 Å². The van der Waals surface area contributed by atoms with Gasteiger partial charge >= 0.3 is 0 Å². The van der Waals surface area contributed by atoms with Gasteiger partial charge in [-0.3, -0.25) is 9.20 Å². The molecule has 0 fully saturated rings. The summed E-state index contributed by atoms with van der Waals surface area (Å²) >= 11 is 0. The number of rotatable bonds is 4. The topological polar surface area (TPSA) is 48.5 Å². The summed E-state index contributed by atoms with van der Waals surface area (Å²) in [6.45, 7) is 4.71. The minimum atomic E-state index is -0.0349. The van der Waals surface area contributed by atoms with Crippen molar-refractivity contribution in [3.05, 3.63) is 64.6 Å². The van der Waals surface area contributed by atoms with Crippen LogP contribution in [-0.4, -0.2) is 20.6 Å². The number of fused-ring (bicyclic) bond motifs is 1. The summed E-state index contributed by atoms with van der Waals surface area (Å²) in [6, 6.07) is 9.58. The number of ether oxygens (including phenoxy) is 1. The first-order valence-electron chi connectivity index (χ1n) is 6.89. The van der Waals surface area contributed by atoms with Gasteiger partial charge in [0.05, 0.1) is 12.2 Å². The predicted octanol–water partition coefficient (Wildman–Crippen LogP) is 2.19. The molecule has 0 bridgehead atoms. The van der Waals surface area contributed by atoms with Crippen LogP contribution in [0, 0.1) is 13.8 Å². The van der Waals surface area contributed by atoms with Crippen molar-refractivity contribution in [1.82, 2.24) is 14.0 Å². The summed E-state index contributed by atoms with van der Waals surface area (Å²) < 4.78 is 9.12. The Morgan fingerprint density at radius 3 is 2.67 bits per heavy atom. The van der Waals surface area contributed by atoms with E-state index in [2.05, 4.69) is 4.98 Å². The Hall–Kier alpha value is -2.56. The summed E-state index contributed by atoms with van der Waals surface area (Å²) in [7, 11) is 0. The third-order valence-corrected chi connectivity index (χ3v) is 3.46. The van der Waals surface area contributed by atoms with Gasteiger partial charge in [0.1, 0.15) is 23.7 Å². The molecule has 5 nitrogen and oxygen atoms in total. The van der Waals surface area contributed by atoms with Gasteiger partial charge in [-0.15, -0.1) is 0 Å². The largest absolute Gasteiger partial charge is 0.492 e. The molecule has 0 amide bonds. The monoisotopic (exact) mass is 283 g/mol. The van der Waals surface area contributed by atoms with Crippen molar-refractivity contribution in [3.63, 3.8) is 0 Å². The highest BCUT2D eigenvalue weighted by Crippen LogP contribution is 2.09. The van der Waals surface area contributed by atoms with Gasteiger partial charge in [-0.05, 0) is 26.0 Å². The average molecular weight is 283 g/mol. The van der Waals surface area contributed by atoms with Crippen molar-refractivity contribution in [2.45, 2.75) is 20.4 Å². The molecule has 0 aliphatic rings. The molecule has 0 aliphatic carbocycles. The van der Waals surface area contributed by atoms with E-state index in [4.69, 9.17) is 4.74 Å². The van der Waals surface area contributed by atoms with Gasteiger partial charge in [-0.1, -0.05) is 18.2 Å². The zero-order valence-electron chi connectivity index (χ0n) is 12.1. The predicted molar refractivity (Wildman–Crippen MR) is 80.9 cm³/mol. The number of hydrogen-bond donors (Lipinski definition) is 0. The molecule has 0 aliphatic heterocycles. The summed E-state index contributed by atoms with van der Waals surface area (Å²) in [5, 5.41) is 0. The average Bonchev–Trinajstić information content (AvgIpc) is 2.78. The number of imidazole rings is 1. The minimum absolute atomic E-state index is 0.0349. The quantitative estimate of drug-likeness (QED) is 0.737. The molecule has 0 atom stereocenters. The second-order valence-corrected chi connectivity index (χ2v) is 4.92. The fraction of sp³-hybridized carbons (Fsp3) is 0.250. The Balaban J connectivity index is 1.80. The zero-order valence-corrected chi connectivity index (χ0v) is 12.1. The van der Waals surface area contributed by atoms with Crippen molar-refractivity contribution < 1.29 is 4.74 Å². The SMILES string of the molecule is Cc1nc(C)n2ccn(CCOc3ccccc3)c(=O)c12. The number of aryl methyl sites for hydroxylation is 2. The molecule has 21 heavy (non-hydrogen) atoms. The van der Waals surface area contributed by atoms with Crippen LogP contribution >= 0.6 is 0 Å². The van der Waals surface area contributed by atoms with E-state index in [1.165, 1.54) is 0 Å². The van der Waals surface area contributed by atoms with Crippen LogP contribution in [0.15, 0.2) is 47.5 Å². The van der Waals surface area contributed by atoms with Crippen LogP contribution in [-0.2, 0) is 6.54 Å². The van der Waals surface area contributed by atoms with Crippen LogP contribution in [0.1, 0.15) is 11.5 Å². The number of nitrogens with zero attached hydrogens (tertiary/aromatic N) is 3. The number of aromatic nitrogens is 3. The molecule has 1 aromatic carbocycles. The van der Waals surface area contributed by atoms with E-state index >= 15 is 0 Å². The third kappa shape index (κ3) is 2.54. The molecule has 3 rings (SSSR count). The Labute approximate surface area is 122 Å². The van der Waals surface area contributed by atoms with E-state index in [0.717, 1.165) is 17.3 Å². The molecular formula is C16H17N3O2. The molecule has 0 radical (unpaired) electrons. The van der Waals surface area contributed by atoms with E-state index in [0.29, 0.717) is 18.7 Å². The maximum absolute atomic E-state index is 12.5. The highest BCUT2D eigenvalue weighted by Gasteiger charge is 2.10. The van der Waals surface area contributed by atoms with Crippen molar-refractivity contribution in [2.24, 2.45) is 0 Å². The van der Waals surface area contributed by atoms with E-state index in [9.17, 15) is 4.79 Å². The van der Waals surface area contributed by atoms with Crippen molar-refractivity contribution in [1.29, 1.82) is 0 Å². The van der Waals surface area contributed by atoms with Gasteiger partial charge in [-0.25, -0.2) is 4.98 Å². The van der Waals surface area contributed by atoms with E-state index in [-0.39, 0.29) is 5.56 Å². The fourth-order valence-electron chi connectivity index (χ4n) is 2.43. The summed E-state index contributed by atoms with van der Waals surface area (Å²) in [4.78, 5) is 16.8. The molecule has 2 aromatic heterocycles. The lowest BCUT2D eigenvalue weighted by molar-refractivity contribution is 0.296. The normalized spacial score (nSPS) is 11.0. The maximum atomic E-state index is 12.5. The van der Waals surface area contributed by atoms with Gasteiger partial charge in [0.2, 0.25) is 0 Å². The van der Waals surface area contributed by atoms with Crippen molar-refractivity contribution >= 4 is 5.52 Å². The van der Waals surface area contributed by atoms with Gasteiger partial charge in [0.25, 0.3) is 5.56 Å². The lowest BCUT2D eigenvalue weighted by Gasteiger charge is -2.09. The molecule has 0 saturated heterocycles. The molecule has 0 spiro atoms. The Kier molecular flexibility index (Phi) is 3.48. The Morgan fingerprint density at radius 2 is 1.90 bits per heavy atom. The molecule has 108 valence electrons. The highest BCUT2D eigenvalue weighted by molar-refractivity contribution is 5.50. The minimum Gasteiger partial charge on any atom is -0.492 e. The first-order chi connectivity index (χ1) is 10.2. The van der Waals surface area contributed by atoms with Crippen LogP contribution in [0.3, 0.4) is 0 Å². The number of hydrogen-bond acceptors (Lipinski definition) is 3. The third-order valence-electron chi connectivity index (χ3n) is 3.46. The molecule has 0 unspecified atom stereocenters. The van der Waals surface area contributed by atoms with Crippen molar-refractivity contribution in [2.75, 3.05) is 6.61 Å². The second-order valence-electron chi connectivity index (χ2n) is 4.92. The van der Waals surface area contributed by atoms with E-state index in [1.807, 2.05) is 54.8 Å². The molecular weight excluding hydrogens is 266 g/mol. The Bertz CT molecular complexity index is 819. The van der Waals surface area contributed by atoms with Gasteiger partial charge in [0, 0.05) is 12.4 Å². The highest BCUT2D eigenvalue weighted by atomic mass is 16.5. The number of benzene rings is 1.